The van der Waals surface area contributed by atoms with Gasteiger partial charge in [-0.2, -0.15) is 0 Å². The van der Waals surface area contributed by atoms with Gasteiger partial charge < -0.3 is 0 Å². The summed E-state index contributed by atoms with van der Waals surface area (Å²) in [5, 5.41) is 0. The molecule has 0 aromatic heterocycles. The quantitative estimate of drug-likeness (QED) is 0.661. The number of hydrogen-bond acceptors (Lipinski definition) is 1. The number of carbonyl (C=O) groups is 1. The molecule has 2 heteroatoms. The van der Waals surface area contributed by atoms with Crippen LogP contribution >= 0.6 is 0 Å². The zero-order valence-electron chi connectivity index (χ0n) is 6.86. The average molecular weight is 161 g/mol. The topological polar surface area (TPSA) is 39.4 Å². The van der Waals surface area contributed by atoms with E-state index in [0.717, 1.165) is 12.8 Å². The summed E-state index contributed by atoms with van der Waals surface area (Å²) in [5.74, 6) is -0.717. The first-order valence-electron chi connectivity index (χ1n) is 4.05. The average Bonchev–Trinajstić information content (AvgIpc) is 2.05. The summed E-state index contributed by atoms with van der Waals surface area (Å²) in [6.45, 7) is 0. The summed E-state index contributed by atoms with van der Waals surface area (Å²) in [4.78, 5) is 10.2. The molecule has 0 fully saturated rings. The molecule has 1 amide bonds. The fourth-order valence-electron chi connectivity index (χ4n) is 1.09. The molecule has 0 N–H and O–H groups in total. The van der Waals surface area contributed by atoms with Crippen molar-refractivity contribution in [1.29, 1.82) is 0 Å². The van der Waals surface area contributed by atoms with Crippen molar-refractivity contribution in [2.45, 2.75) is 19.3 Å². The van der Waals surface area contributed by atoms with Crippen LogP contribution in [0.4, 0.5) is 0 Å². The van der Waals surface area contributed by atoms with Crippen molar-refractivity contribution in [3.8, 4) is 0 Å². The lowest BCUT2D eigenvalue weighted by Crippen LogP contribution is -1.97. The summed E-state index contributed by atoms with van der Waals surface area (Å²) < 4.78 is 0. The van der Waals surface area contributed by atoms with Crippen LogP contribution in [0.15, 0.2) is 30.3 Å². The minimum atomic E-state index is -0.717. The van der Waals surface area contributed by atoms with Gasteiger partial charge in [-0.1, -0.05) is 30.3 Å². The Morgan fingerprint density at radius 2 is 1.92 bits per heavy atom. The van der Waals surface area contributed by atoms with Crippen molar-refractivity contribution < 1.29 is 4.79 Å². The molecular weight excluding hydrogens is 150 g/mol. The summed E-state index contributed by atoms with van der Waals surface area (Å²) in [6, 6.07) is 9.93. The Labute approximate surface area is 72.4 Å². The van der Waals surface area contributed by atoms with Gasteiger partial charge in [0.1, 0.15) is 0 Å². The SMILES string of the molecule is [N]C(=O)CCCc1ccccc1. The van der Waals surface area contributed by atoms with E-state index in [1.54, 1.807) is 0 Å². The third-order valence-electron chi connectivity index (χ3n) is 1.70. The summed E-state index contributed by atoms with van der Waals surface area (Å²) in [5.41, 5.74) is 9.60. The van der Waals surface area contributed by atoms with E-state index >= 15 is 0 Å². The van der Waals surface area contributed by atoms with Crippen molar-refractivity contribution in [3.63, 3.8) is 0 Å². The van der Waals surface area contributed by atoms with E-state index in [1.807, 2.05) is 30.3 Å². The molecule has 2 nitrogen and oxygen atoms in total. The van der Waals surface area contributed by atoms with Crippen LogP contribution < -0.4 is 5.73 Å². The molecule has 0 saturated heterocycles. The van der Waals surface area contributed by atoms with Crippen LogP contribution in [0.5, 0.6) is 0 Å². The maximum atomic E-state index is 10.2. The molecule has 12 heavy (non-hydrogen) atoms. The van der Waals surface area contributed by atoms with E-state index in [2.05, 4.69) is 0 Å². The van der Waals surface area contributed by atoms with E-state index in [0.29, 0.717) is 0 Å². The molecule has 0 bridgehead atoms. The Morgan fingerprint density at radius 3 is 2.50 bits per heavy atom. The zero-order chi connectivity index (χ0) is 8.81. The van der Waals surface area contributed by atoms with Crippen LogP contribution in [-0.4, -0.2) is 5.91 Å². The largest absolute Gasteiger partial charge is 0.271 e. The van der Waals surface area contributed by atoms with E-state index in [1.165, 1.54) is 5.56 Å². The third-order valence-corrected chi connectivity index (χ3v) is 1.70. The molecular formula is C10H11NO. The normalized spacial score (nSPS) is 9.67. The van der Waals surface area contributed by atoms with Gasteiger partial charge in [-0.25, -0.2) is 0 Å². The lowest BCUT2D eigenvalue weighted by molar-refractivity contribution is -0.118. The maximum Gasteiger partial charge on any atom is 0.264 e. The zero-order valence-corrected chi connectivity index (χ0v) is 6.86. The molecule has 0 spiro atoms. The van der Waals surface area contributed by atoms with E-state index < -0.39 is 5.91 Å². The fraction of sp³-hybridized carbons (Fsp3) is 0.300. The first kappa shape index (κ1) is 8.78. The number of carbonyl (C=O) groups excluding carboxylic acids is 1. The molecule has 0 atom stereocenters. The first-order valence-corrected chi connectivity index (χ1v) is 4.05. The summed E-state index contributed by atoms with van der Waals surface area (Å²) >= 11 is 0. The van der Waals surface area contributed by atoms with E-state index in [9.17, 15) is 4.79 Å². The number of rotatable bonds is 4. The van der Waals surface area contributed by atoms with Crippen LogP contribution in [-0.2, 0) is 11.2 Å². The Balaban J connectivity index is 2.29. The van der Waals surface area contributed by atoms with Crippen LogP contribution in [0, 0.1) is 0 Å². The fourth-order valence-corrected chi connectivity index (χ4v) is 1.09. The Morgan fingerprint density at radius 1 is 1.25 bits per heavy atom. The van der Waals surface area contributed by atoms with Gasteiger partial charge in [-0.15, -0.1) is 5.73 Å². The van der Waals surface area contributed by atoms with Gasteiger partial charge in [0.15, 0.2) is 0 Å². The van der Waals surface area contributed by atoms with Crippen LogP contribution in [0.1, 0.15) is 18.4 Å². The first-order chi connectivity index (χ1) is 5.79. The molecule has 0 unspecified atom stereocenters. The van der Waals surface area contributed by atoms with Gasteiger partial charge >= 0.3 is 0 Å². The highest BCUT2D eigenvalue weighted by Crippen LogP contribution is 2.03. The smallest absolute Gasteiger partial charge is 0.264 e. The predicted molar refractivity (Wildman–Crippen MR) is 46.5 cm³/mol. The number of hydrogen-bond donors (Lipinski definition) is 0. The number of aryl methyl sites for hydroxylation is 1. The van der Waals surface area contributed by atoms with Gasteiger partial charge in [0.2, 0.25) is 0 Å². The molecule has 0 aliphatic rings. The van der Waals surface area contributed by atoms with Gasteiger partial charge in [0.05, 0.1) is 0 Å². The van der Waals surface area contributed by atoms with Gasteiger partial charge in [0, 0.05) is 6.42 Å². The molecule has 1 aromatic rings. The van der Waals surface area contributed by atoms with E-state index in [4.69, 9.17) is 5.73 Å². The van der Waals surface area contributed by atoms with E-state index in [-0.39, 0.29) is 6.42 Å². The van der Waals surface area contributed by atoms with Gasteiger partial charge in [-0.3, -0.25) is 4.79 Å². The monoisotopic (exact) mass is 161 g/mol. The van der Waals surface area contributed by atoms with Crippen molar-refractivity contribution >= 4 is 5.91 Å². The Hall–Kier alpha value is -1.31. The number of benzene rings is 1. The number of amides is 1. The van der Waals surface area contributed by atoms with Crippen LogP contribution in [0.25, 0.3) is 0 Å². The van der Waals surface area contributed by atoms with Crippen molar-refractivity contribution in [2.24, 2.45) is 0 Å². The summed E-state index contributed by atoms with van der Waals surface area (Å²) in [7, 11) is 0. The molecule has 0 aliphatic heterocycles. The second-order valence-corrected chi connectivity index (χ2v) is 2.73. The van der Waals surface area contributed by atoms with Crippen molar-refractivity contribution in [2.75, 3.05) is 0 Å². The van der Waals surface area contributed by atoms with Crippen molar-refractivity contribution in [1.82, 2.24) is 5.73 Å². The minimum absolute atomic E-state index is 0.259. The van der Waals surface area contributed by atoms with Crippen molar-refractivity contribution in [3.05, 3.63) is 35.9 Å². The minimum Gasteiger partial charge on any atom is -0.271 e. The lowest BCUT2D eigenvalue weighted by atomic mass is 10.1. The molecule has 2 radical (unpaired) electrons. The molecule has 0 heterocycles. The van der Waals surface area contributed by atoms with Crippen LogP contribution in [0.3, 0.4) is 0 Å². The molecule has 0 saturated carbocycles. The molecule has 62 valence electrons. The Kier molecular flexibility index (Phi) is 3.33. The molecule has 0 aliphatic carbocycles. The van der Waals surface area contributed by atoms with Crippen LogP contribution in [0.2, 0.25) is 0 Å². The highest BCUT2D eigenvalue weighted by molar-refractivity contribution is 5.72. The Bertz CT molecular complexity index is 243. The third kappa shape index (κ3) is 3.19. The molecule has 1 rings (SSSR count). The lowest BCUT2D eigenvalue weighted by Gasteiger charge is -1.97. The molecule has 1 aromatic carbocycles. The second kappa shape index (κ2) is 4.54. The number of nitrogens with zero attached hydrogens (tertiary/aromatic N) is 1. The maximum absolute atomic E-state index is 10.2. The van der Waals surface area contributed by atoms with Gasteiger partial charge in [-0.05, 0) is 18.4 Å². The second-order valence-electron chi connectivity index (χ2n) is 2.73. The summed E-state index contributed by atoms with van der Waals surface area (Å²) in [6.07, 6.45) is 1.83. The predicted octanol–water partition coefficient (Wildman–Crippen LogP) is 1.60. The standard InChI is InChI=1S/C10H11NO/c11-10(12)8-4-7-9-5-2-1-3-6-9/h1-3,5-6H,4,7-8H2. The highest BCUT2D eigenvalue weighted by Gasteiger charge is 1.97. The highest BCUT2D eigenvalue weighted by atomic mass is 16.1. The van der Waals surface area contributed by atoms with Gasteiger partial charge in [0.25, 0.3) is 5.91 Å².